The van der Waals surface area contributed by atoms with Crippen molar-refractivity contribution in [3.8, 4) is 6.07 Å². The number of nitriles is 1. The Kier molecular flexibility index (Phi) is 3.69. The first-order chi connectivity index (χ1) is 8.84. The number of hydrogen-bond donors (Lipinski definition) is 0. The molecule has 0 aromatic heterocycles. The van der Waals surface area contributed by atoms with Crippen molar-refractivity contribution in [2.45, 2.75) is 46.1 Å². The van der Waals surface area contributed by atoms with Gasteiger partial charge in [0.05, 0.1) is 12.0 Å². The smallest absolute Gasteiger partial charge is 0.0676 e. The van der Waals surface area contributed by atoms with Crippen molar-refractivity contribution in [1.82, 2.24) is 4.90 Å². The van der Waals surface area contributed by atoms with E-state index in [1.54, 1.807) is 0 Å². The minimum Gasteiger partial charge on any atom is -0.297 e. The summed E-state index contributed by atoms with van der Waals surface area (Å²) in [5.74, 6) is 0.462. The van der Waals surface area contributed by atoms with Crippen molar-refractivity contribution in [2.75, 3.05) is 13.1 Å². The quantitative estimate of drug-likeness (QED) is 0.767. The standard InChI is InChI=1S/C17H24N2/c1-12-7-6-8-13(2)16(12)15-11-19(17(3,4)5)10-14(15)9-18/h6-8,14-15H,10-11H2,1-5H3/t14-,15-/m0/s1. The molecule has 0 saturated carbocycles. The van der Waals surface area contributed by atoms with Gasteiger partial charge in [0.2, 0.25) is 0 Å². The number of aryl methyl sites for hydroxylation is 2. The van der Waals surface area contributed by atoms with Gasteiger partial charge in [-0.2, -0.15) is 5.26 Å². The van der Waals surface area contributed by atoms with E-state index in [0.29, 0.717) is 5.92 Å². The molecule has 1 heterocycles. The summed E-state index contributed by atoms with van der Waals surface area (Å²) in [6.45, 7) is 12.9. The highest BCUT2D eigenvalue weighted by atomic mass is 15.2. The van der Waals surface area contributed by atoms with Crippen LogP contribution in [0.15, 0.2) is 18.2 Å². The van der Waals surface area contributed by atoms with E-state index < -0.39 is 0 Å². The SMILES string of the molecule is Cc1cccc(C)c1[C@H]1CN(C(C)(C)C)C[C@@H]1C#N. The molecule has 1 saturated heterocycles. The van der Waals surface area contributed by atoms with Crippen molar-refractivity contribution < 1.29 is 0 Å². The van der Waals surface area contributed by atoms with Crippen LogP contribution < -0.4 is 0 Å². The zero-order chi connectivity index (χ0) is 14.2. The third-order valence-corrected chi connectivity index (χ3v) is 4.35. The Balaban J connectivity index is 2.37. The summed E-state index contributed by atoms with van der Waals surface area (Å²) in [5.41, 5.74) is 4.17. The minimum absolute atomic E-state index is 0.110. The molecule has 0 aliphatic carbocycles. The molecule has 0 bridgehead atoms. The number of rotatable bonds is 1. The van der Waals surface area contributed by atoms with E-state index in [1.165, 1.54) is 16.7 Å². The van der Waals surface area contributed by atoms with Gasteiger partial charge in [-0.05, 0) is 51.3 Å². The lowest BCUT2D eigenvalue weighted by Gasteiger charge is -2.31. The third kappa shape index (κ3) is 2.67. The van der Waals surface area contributed by atoms with Crippen LogP contribution in [0.2, 0.25) is 0 Å². The molecule has 0 amide bonds. The molecular formula is C17H24N2. The Bertz CT molecular complexity index is 485. The van der Waals surface area contributed by atoms with E-state index in [1.807, 2.05) is 0 Å². The second kappa shape index (κ2) is 4.98. The van der Waals surface area contributed by atoms with E-state index in [9.17, 15) is 5.26 Å². The largest absolute Gasteiger partial charge is 0.297 e. The fourth-order valence-corrected chi connectivity index (χ4v) is 3.19. The first-order valence-electron chi connectivity index (χ1n) is 7.05. The zero-order valence-corrected chi connectivity index (χ0v) is 12.7. The van der Waals surface area contributed by atoms with Gasteiger partial charge >= 0.3 is 0 Å². The number of hydrogen-bond acceptors (Lipinski definition) is 2. The van der Waals surface area contributed by atoms with Crippen LogP contribution in [-0.2, 0) is 0 Å². The number of benzene rings is 1. The summed E-state index contributed by atoms with van der Waals surface area (Å²) in [4.78, 5) is 2.44. The molecule has 0 unspecified atom stereocenters. The summed E-state index contributed by atoms with van der Waals surface area (Å²) in [6, 6.07) is 8.96. The number of nitrogens with zero attached hydrogens (tertiary/aromatic N) is 2. The van der Waals surface area contributed by atoms with Crippen LogP contribution in [0.3, 0.4) is 0 Å². The van der Waals surface area contributed by atoms with Crippen molar-refractivity contribution in [3.63, 3.8) is 0 Å². The molecule has 1 aromatic carbocycles. The summed E-state index contributed by atoms with van der Waals surface area (Å²) < 4.78 is 0. The Morgan fingerprint density at radius 3 is 2.21 bits per heavy atom. The summed E-state index contributed by atoms with van der Waals surface area (Å²) in [7, 11) is 0. The van der Waals surface area contributed by atoms with Gasteiger partial charge in [-0.3, -0.25) is 4.90 Å². The second-order valence-electron chi connectivity index (χ2n) is 6.72. The van der Waals surface area contributed by atoms with Crippen molar-refractivity contribution in [1.29, 1.82) is 5.26 Å². The molecule has 2 rings (SSSR count). The molecular weight excluding hydrogens is 232 g/mol. The van der Waals surface area contributed by atoms with Gasteiger partial charge in [-0.1, -0.05) is 18.2 Å². The molecule has 2 nitrogen and oxygen atoms in total. The van der Waals surface area contributed by atoms with Gasteiger partial charge in [-0.15, -0.1) is 0 Å². The third-order valence-electron chi connectivity index (χ3n) is 4.35. The van der Waals surface area contributed by atoms with E-state index in [2.05, 4.69) is 63.8 Å². The second-order valence-corrected chi connectivity index (χ2v) is 6.72. The molecule has 2 atom stereocenters. The predicted octanol–water partition coefficient (Wildman–Crippen LogP) is 3.64. The highest BCUT2D eigenvalue weighted by molar-refractivity contribution is 5.39. The number of likely N-dealkylation sites (tertiary alicyclic amines) is 1. The molecule has 1 fully saturated rings. The Hall–Kier alpha value is -1.33. The van der Waals surface area contributed by atoms with Gasteiger partial charge < -0.3 is 0 Å². The maximum absolute atomic E-state index is 9.49. The van der Waals surface area contributed by atoms with Gasteiger partial charge in [0, 0.05) is 24.5 Å². The lowest BCUT2D eigenvalue weighted by atomic mass is 9.84. The molecule has 1 aliphatic heterocycles. The van der Waals surface area contributed by atoms with Crippen LogP contribution >= 0.6 is 0 Å². The van der Waals surface area contributed by atoms with E-state index >= 15 is 0 Å². The van der Waals surface area contributed by atoms with Crippen LogP contribution in [0.25, 0.3) is 0 Å². The Morgan fingerprint density at radius 1 is 1.16 bits per heavy atom. The van der Waals surface area contributed by atoms with E-state index in [0.717, 1.165) is 13.1 Å². The topological polar surface area (TPSA) is 27.0 Å². The summed E-state index contributed by atoms with van der Waals surface area (Å²) in [5, 5.41) is 9.49. The molecule has 0 radical (unpaired) electrons. The highest BCUT2D eigenvalue weighted by Gasteiger charge is 2.39. The Morgan fingerprint density at radius 2 is 1.74 bits per heavy atom. The normalized spacial score (nSPS) is 24.4. The maximum Gasteiger partial charge on any atom is 0.0676 e. The maximum atomic E-state index is 9.49. The molecule has 0 spiro atoms. The average Bonchev–Trinajstić information content (AvgIpc) is 2.72. The van der Waals surface area contributed by atoms with Crippen LogP contribution in [0, 0.1) is 31.1 Å². The summed E-state index contributed by atoms with van der Waals surface area (Å²) in [6.07, 6.45) is 0. The van der Waals surface area contributed by atoms with Crippen LogP contribution in [-0.4, -0.2) is 23.5 Å². The van der Waals surface area contributed by atoms with E-state index in [4.69, 9.17) is 0 Å². The fourth-order valence-electron chi connectivity index (χ4n) is 3.19. The molecule has 102 valence electrons. The average molecular weight is 256 g/mol. The molecule has 0 N–H and O–H groups in total. The lowest BCUT2D eigenvalue weighted by molar-refractivity contribution is 0.170. The first kappa shape index (κ1) is 14.1. The summed E-state index contributed by atoms with van der Waals surface area (Å²) >= 11 is 0. The molecule has 2 heteroatoms. The van der Waals surface area contributed by atoms with Crippen molar-refractivity contribution >= 4 is 0 Å². The van der Waals surface area contributed by atoms with Gasteiger partial charge in [0.25, 0.3) is 0 Å². The Labute approximate surface area is 117 Å². The predicted molar refractivity (Wildman–Crippen MR) is 79.1 cm³/mol. The fraction of sp³-hybridized carbons (Fsp3) is 0.588. The van der Waals surface area contributed by atoms with Gasteiger partial charge in [0.1, 0.15) is 0 Å². The van der Waals surface area contributed by atoms with Crippen molar-refractivity contribution in [2.24, 2.45) is 5.92 Å². The monoisotopic (exact) mass is 256 g/mol. The van der Waals surface area contributed by atoms with Gasteiger partial charge in [-0.25, -0.2) is 0 Å². The highest BCUT2D eigenvalue weighted by Crippen LogP contribution is 2.38. The van der Waals surface area contributed by atoms with E-state index in [-0.39, 0.29) is 11.5 Å². The van der Waals surface area contributed by atoms with Crippen LogP contribution in [0.4, 0.5) is 0 Å². The molecule has 1 aromatic rings. The van der Waals surface area contributed by atoms with Crippen LogP contribution in [0.5, 0.6) is 0 Å². The first-order valence-corrected chi connectivity index (χ1v) is 7.05. The minimum atomic E-state index is 0.110. The van der Waals surface area contributed by atoms with Gasteiger partial charge in [0.15, 0.2) is 0 Å². The molecule has 1 aliphatic rings. The zero-order valence-electron chi connectivity index (χ0n) is 12.7. The van der Waals surface area contributed by atoms with Crippen molar-refractivity contribution in [3.05, 3.63) is 34.9 Å². The lowest BCUT2D eigenvalue weighted by Crippen LogP contribution is -2.39. The van der Waals surface area contributed by atoms with Crippen LogP contribution in [0.1, 0.15) is 43.4 Å². The molecule has 19 heavy (non-hydrogen) atoms.